The van der Waals surface area contributed by atoms with Crippen LogP contribution in [0.3, 0.4) is 0 Å². The van der Waals surface area contributed by atoms with Crippen LogP contribution in [0, 0.1) is 6.92 Å². The lowest BCUT2D eigenvalue weighted by Gasteiger charge is -2.21. The third-order valence-electron chi connectivity index (χ3n) is 5.98. The topological polar surface area (TPSA) is 19.6 Å². The highest BCUT2D eigenvalue weighted by atomic mass is 16.3. The van der Waals surface area contributed by atoms with Crippen molar-refractivity contribution >= 4 is 49.8 Å². The van der Waals surface area contributed by atoms with Crippen molar-refractivity contribution in [3.05, 3.63) is 78.4 Å². The predicted molar refractivity (Wildman–Crippen MR) is 118 cm³/mol. The van der Waals surface area contributed by atoms with E-state index in [0.717, 1.165) is 17.8 Å². The zero-order valence-corrected chi connectivity index (χ0v) is 15.9. The molecule has 28 heavy (non-hydrogen) atoms. The molecule has 1 aliphatic rings. The summed E-state index contributed by atoms with van der Waals surface area (Å²) >= 11 is 0. The molecule has 0 saturated heterocycles. The fourth-order valence-electron chi connectivity index (χ4n) is 4.57. The first-order valence-electron chi connectivity index (χ1n) is 9.63. The van der Waals surface area contributed by atoms with E-state index in [-0.39, 0.29) is 0 Å². The van der Waals surface area contributed by atoms with Crippen molar-refractivity contribution in [3.63, 3.8) is 0 Å². The number of fused-ring (bicyclic) bond motifs is 6. The first-order valence-corrected chi connectivity index (χ1v) is 9.63. The molecule has 3 heteroatoms. The van der Waals surface area contributed by atoms with Crippen molar-refractivity contribution < 1.29 is 4.42 Å². The highest BCUT2D eigenvalue weighted by molar-refractivity contribution is 6.16. The van der Waals surface area contributed by atoms with Crippen LogP contribution < -0.4 is 9.80 Å². The van der Waals surface area contributed by atoms with Crippen LogP contribution in [0.25, 0.3) is 32.7 Å². The molecule has 0 N–H and O–H groups in total. The third-order valence-corrected chi connectivity index (χ3v) is 5.98. The molecule has 0 saturated carbocycles. The molecule has 0 spiro atoms. The smallest absolute Gasteiger partial charge is 0.143 e. The number of para-hydroxylation sites is 2. The van der Waals surface area contributed by atoms with E-state index >= 15 is 0 Å². The average Bonchev–Trinajstić information content (AvgIpc) is 3.28. The number of hydrogen-bond acceptors (Lipinski definition) is 3. The Labute approximate surface area is 163 Å². The van der Waals surface area contributed by atoms with Crippen LogP contribution in [0.1, 0.15) is 5.56 Å². The normalized spacial score (nSPS) is 13.8. The Morgan fingerprint density at radius 3 is 2.29 bits per heavy atom. The van der Waals surface area contributed by atoms with Gasteiger partial charge in [-0.3, -0.25) is 0 Å². The Balaban J connectivity index is 1.61. The molecule has 1 aliphatic heterocycles. The third kappa shape index (κ3) is 1.99. The highest BCUT2D eigenvalue weighted by Gasteiger charge is 2.26. The maximum Gasteiger partial charge on any atom is 0.143 e. The second-order valence-electron chi connectivity index (χ2n) is 7.61. The van der Waals surface area contributed by atoms with Gasteiger partial charge in [-0.25, -0.2) is 0 Å². The Morgan fingerprint density at radius 1 is 0.679 bits per heavy atom. The Morgan fingerprint density at radius 2 is 1.39 bits per heavy atom. The maximum absolute atomic E-state index is 6.47. The lowest BCUT2D eigenvalue weighted by molar-refractivity contribution is 0.669. The van der Waals surface area contributed by atoms with E-state index in [1.54, 1.807) is 0 Å². The van der Waals surface area contributed by atoms with Gasteiger partial charge in [-0.15, -0.1) is 0 Å². The van der Waals surface area contributed by atoms with Gasteiger partial charge in [-0.2, -0.15) is 0 Å². The van der Waals surface area contributed by atoms with Gasteiger partial charge >= 0.3 is 0 Å². The molecule has 0 radical (unpaired) electrons. The average molecular weight is 364 g/mol. The number of rotatable bonds is 1. The van der Waals surface area contributed by atoms with Crippen LogP contribution in [0.15, 0.2) is 77.2 Å². The molecule has 3 nitrogen and oxygen atoms in total. The standard InChI is InChI=1S/C25H20N2O/c1-16-21(27-15-26(2)22-9-5-6-10-23(22)27)14-13-19-20-12-11-17-7-3-4-8-18(17)25(20)28-24(16)19/h3-14H,15H2,1-2H3. The summed E-state index contributed by atoms with van der Waals surface area (Å²) in [6.07, 6.45) is 0. The van der Waals surface area contributed by atoms with Gasteiger partial charge in [0.15, 0.2) is 0 Å². The highest BCUT2D eigenvalue weighted by Crippen LogP contribution is 2.44. The zero-order chi connectivity index (χ0) is 18.8. The van der Waals surface area contributed by atoms with Gasteiger partial charge in [0.1, 0.15) is 11.2 Å². The molecule has 136 valence electrons. The van der Waals surface area contributed by atoms with E-state index in [1.807, 2.05) is 0 Å². The second kappa shape index (κ2) is 5.52. The van der Waals surface area contributed by atoms with Gasteiger partial charge in [0, 0.05) is 34.5 Å². The van der Waals surface area contributed by atoms with Gasteiger partial charge in [0.2, 0.25) is 0 Å². The Hall–Kier alpha value is -3.46. The summed E-state index contributed by atoms with van der Waals surface area (Å²) in [6, 6.07) is 25.8. The van der Waals surface area contributed by atoms with Crippen molar-refractivity contribution in [3.8, 4) is 0 Å². The van der Waals surface area contributed by atoms with Gasteiger partial charge in [-0.1, -0.05) is 42.5 Å². The van der Waals surface area contributed by atoms with E-state index in [9.17, 15) is 0 Å². The lowest BCUT2D eigenvalue weighted by Crippen LogP contribution is -2.24. The van der Waals surface area contributed by atoms with Crippen LogP contribution in [-0.2, 0) is 0 Å². The summed E-state index contributed by atoms with van der Waals surface area (Å²) in [5.74, 6) is 0. The molecule has 2 heterocycles. The SMILES string of the molecule is Cc1c(N2CN(C)c3ccccc32)ccc2c1oc1c3ccccc3ccc21. The molecule has 0 aliphatic carbocycles. The zero-order valence-electron chi connectivity index (χ0n) is 15.9. The van der Waals surface area contributed by atoms with Crippen LogP contribution in [0.5, 0.6) is 0 Å². The summed E-state index contributed by atoms with van der Waals surface area (Å²) in [6.45, 7) is 3.01. The molecule has 0 amide bonds. The number of nitrogens with zero attached hydrogens (tertiary/aromatic N) is 2. The van der Waals surface area contributed by atoms with Gasteiger partial charge < -0.3 is 14.2 Å². The predicted octanol–water partition coefficient (Wildman–Crippen LogP) is 6.59. The lowest BCUT2D eigenvalue weighted by atomic mass is 10.0. The maximum atomic E-state index is 6.47. The van der Waals surface area contributed by atoms with Crippen molar-refractivity contribution in [2.24, 2.45) is 0 Å². The molecule has 0 bridgehead atoms. The molecule has 0 fully saturated rings. The van der Waals surface area contributed by atoms with Crippen LogP contribution in [-0.4, -0.2) is 13.7 Å². The molecule has 0 atom stereocenters. The van der Waals surface area contributed by atoms with E-state index in [2.05, 4.69) is 96.6 Å². The quantitative estimate of drug-likeness (QED) is 0.334. The second-order valence-corrected chi connectivity index (χ2v) is 7.61. The largest absolute Gasteiger partial charge is 0.455 e. The molecule has 4 aromatic carbocycles. The number of benzene rings is 4. The molecular formula is C25H20N2O. The van der Waals surface area contributed by atoms with E-state index in [4.69, 9.17) is 4.42 Å². The minimum Gasteiger partial charge on any atom is -0.455 e. The Bertz CT molecular complexity index is 1380. The number of aryl methyl sites for hydroxylation is 1. The monoisotopic (exact) mass is 364 g/mol. The van der Waals surface area contributed by atoms with Gasteiger partial charge in [-0.05, 0) is 42.6 Å². The summed E-state index contributed by atoms with van der Waals surface area (Å²) < 4.78 is 6.47. The van der Waals surface area contributed by atoms with E-state index in [1.165, 1.54) is 44.2 Å². The molecule has 6 rings (SSSR count). The van der Waals surface area contributed by atoms with E-state index in [0.29, 0.717) is 0 Å². The molecule has 1 aromatic heterocycles. The molecule has 5 aromatic rings. The minimum absolute atomic E-state index is 0.842. The molecule has 0 unspecified atom stereocenters. The first kappa shape index (κ1) is 15.6. The number of anilines is 3. The Kier molecular flexibility index (Phi) is 3.07. The van der Waals surface area contributed by atoms with Gasteiger partial charge in [0.25, 0.3) is 0 Å². The van der Waals surface area contributed by atoms with Crippen molar-refractivity contribution in [2.45, 2.75) is 6.92 Å². The first-order chi connectivity index (χ1) is 13.7. The van der Waals surface area contributed by atoms with Crippen molar-refractivity contribution in [1.82, 2.24) is 0 Å². The van der Waals surface area contributed by atoms with Crippen LogP contribution in [0.2, 0.25) is 0 Å². The minimum atomic E-state index is 0.842. The van der Waals surface area contributed by atoms with Crippen LogP contribution in [0.4, 0.5) is 17.1 Å². The summed E-state index contributed by atoms with van der Waals surface area (Å²) in [5, 5.41) is 4.75. The number of furan rings is 1. The van der Waals surface area contributed by atoms with Crippen molar-refractivity contribution in [2.75, 3.05) is 23.5 Å². The molecular weight excluding hydrogens is 344 g/mol. The van der Waals surface area contributed by atoms with E-state index < -0.39 is 0 Å². The van der Waals surface area contributed by atoms with Gasteiger partial charge in [0.05, 0.1) is 18.0 Å². The number of hydrogen-bond donors (Lipinski definition) is 0. The van der Waals surface area contributed by atoms with Crippen LogP contribution >= 0.6 is 0 Å². The summed E-state index contributed by atoms with van der Waals surface area (Å²) in [4.78, 5) is 4.65. The fourth-order valence-corrected chi connectivity index (χ4v) is 4.57. The summed E-state index contributed by atoms with van der Waals surface area (Å²) in [7, 11) is 2.14. The fraction of sp³-hybridized carbons (Fsp3) is 0.120. The summed E-state index contributed by atoms with van der Waals surface area (Å²) in [5.41, 5.74) is 6.85. The van der Waals surface area contributed by atoms with Crippen molar-refractivity contribution in [1.29, 1.82) is 0 Å².